The number of carbonyl (C=O) groups is 1. The van der Waals surface area contributed by atoms with Crippen LogP contribution in [0.4, 0.5) is 11.5 Å². The number of carbonyl (C=O) groups excluding carboxylic acids is 1. The van der Waals surface area contributed by atoms with E-state index in [4.69, 9.17) is 4.52 Å². The van der Waals surface area contributed by atoms with E-state index in [1.54, 1.807) is 13.0 Å². The van der Waals surface area contributed by atoms with E-state index >= 15 is 0 Å². The highest BCUT2D eigenvalue weighted by molar-refractivity contribution is 5.95. The summed E-state index contributed by atoms with van der Waals surface area (Å²) in [7, 11) is 0. The van der Waals surface area contributed by atoms with Gasteiger partial charge in [0.1, 0.15) is 11.8 Å². The van der Waals surface area contributed by atoms with Crippen LogP contribution >= 0.6 is 0 Å². The van der Waals surface area contributed by atoms with E-state index in [0.717, 1.165) is 12.1 Å². The topological polar surface area (TPSA) is 67.2 Å². The highest BCUT2D eigenvalue weighted by Gasteiger charge is 2.14. The maximum absolute atomic E-state index is 12.1. The quantitative estimate of drug-likeness (QED) is 0.848. The van der Waals surface area contributed by atoms with Crippen LogP contribution in [0.15, 0.2) is 34.9 Å². The zero-order valence-corrected chi connectivity index (χ0v) is 13.5. The SMILES string of the molecule is CC[C@H](C)c1ccc(N[C@@H](C)C(=O)Nc2cc(C)on2)cc1. The molecule has 1 amide bonds. The Kier molecular flexibility index (Phi) is 5.20. The third-order valence-electron chi connectivity index (χ3n) is 3.75. The average molecular weight is 301 g/mol. The molecule has 1 heterocycles. The number of aryl methyl sites for hydroxylation is 1. The third-order valence-corrected chi connectivity index (χ3v) is 3.75. The van der Waals surface area contributed by atoms with E-state index < -0.39 is 0 Å². The van der Waals surface area contributed by atoms with Crippen molar-refractivity contribution in [1.82, 2.24) is 5.16 Å². The van der Waals surface area contributed by atoms with Crippen molar-refractivity contribution in [2.45, 2.75) is 46.1 Å². The largest absolute Gasteiger partial charge is 0.374 e. The van der Waals surface area contributed by atoms with Crippen LogP contribution in [0.5, 0.6) is 0 Å². The number of benzene rings is 1. The molecular formula is C17H23N3O2. The van der Waals surface area contributed by atoms with Gasteiger partial charge in [0.25, 0.3) is 0 Å². The highest BCUT2D eigenvalue weighted by Crippen LogP contribution is 2.21. The normalized spacial score (nSPS) is 13.5. The molecule has 2 N–H and O–H groups in total. The van der Waals surface area contributed by atoms with Gasteiger partial charge in [-0.2, -0.15) is 0 Å². The smallest absolute Gasteiger partial charge is 0.247 e. The van der Waals surface area contributed by atoms with Crippen molar-refractivity contribution in [3.63, 3.8) is 0 Å². The molecule has 2 atom stereocenters. The third kappa shape index (κ3) is 4.10. The van der Waals surface area contributed by atoms with Crippen molar-refractivity contribution < 1.29 is 9.32 Å². The van der Waals surface area contributed by atoms with Gasteiger partial charge in [-0.1, -0.05) is 31.1 Å². The predicted octanol–water partition coefficient (Wildman–Crippen LogP) is 3.94. The maximum atomic E-state index is 12.1. The molecule has 0 aliphatic rings. The van der Waals surface area contributed by atoms with Crippen molar-refractivity contribution in [1.29, 1.82) is 0 Å². The molecular weight excluding hydrogens is 278 g/mol. The molecule has 0 fully saturated rings. The number of amides is 1. The minimum absolute atomic E-state index is 0.153. The summed E-state index contributed by atoms with van der Waals surface area (Å²) in [6.07, 6.45) is 1.11. The summed E-state index contributed by atoms with van der Waals surface area (Å²) in [5, 5.41) is 9.65. The Balaban J connectivity index is 1.93. The van der Waals surface area contributed by atoms with Crippen LogP contribution < -0.4 is 10.6 Å². The Morgan fingerprint density at radius 3 is 2.50 bits per heavy atom. The van der Waals surface area contributed by atoms with Crippen LogP contribution in [0.2, 0.25) is 0 Å². The van der Waals surface area contributed by atoms with Crippen LogP contribution in [0.1, 0.15) is 44.4 Å². The lowest BCUT2D eigenvalue weighted by atomic mass is 9.98. The molecule has 0 unspecified atom stereocenters. The first kappa shape index (κ1) is 16.1. The van der Waals surface area contributed by atoms with Crippen molar-refractivity contribution in [3.05, 3.63) is 41.7 Å². The molecule has 0 radical (unpaired) electrons. The second-order valence-electron chi connectivity index (χ2n) is 5.61. The molecule has 0 aliphatic carbocycles. The Morgan fingerprint density at radius 1 is 1.27 bits per heavy atom. The van der Waals surface area contributed by atoms with Crippen LogP contribution in [-0.2, 0) is 4.79 Å². The predicted molar refractivity (Wildman–Crippen MR) is 88.1 cm³/mol. The molecule has 0 saturated heterocycles. The minimum atomic E-state index is -0.369. The molecule has 0 spiro atoms. The zero-order valence-electron chi connectivity index (χ0n) is 13.5. The fourth-order valence-electron chi connectivity index (χ4n) is 2.12. The number of hydrogen-bond donors (Lipinski definition) is 2. The lowest BCUT2D eigenvalue weighted by Crippen LogP contribution is -2.31. The van der Waals surface area contributed by atoms with Crippen molar-refractivity contribution >= 4 is 17.4 Å². The number of aromatic nitrogens is 1. The van der Waals surface area contributed by atoms with Gasteiger partial charge in [-0.25, -0.2) is 0 Å². The Morgan fingerprint density at radius 2 is 1.95 bits per heavy atom. The van der Waals surface area contributed by atoms with Gasteiger partial charge in [0, 0.05) is 11.8 Å². The Bertz CT molecular complexity index is 619. The van der Waals surface area contributed by atoms with E-state index in [9.17, 15) is 4.79 Å². The zero-order chi connectivity index (χ0) is 16.1. The van der Waals surface area contributed by atoms with Gasteiger partial charge in [-0.15, -0.1) is 0 Å². The maximum Gasteiger partial charge on any atom is 0.247 e. The first-order valence-corrected chi connectivity index (χ1v) is 7.60. The number of rotatable bonds is 6. The van der Waals surface area contributed by atoms with Crippen LogP contribution in [0.3, 0.4) is 0 Å². The van der Waals surface area contributed by atoms with Crippen LogP contribution in [-0.4, -0.2) is 17.1 Å². The van der Waals surface area contributed by atoms with E-state index in [0.29, 0.717) is 17.5 Å². The first-order chi connectivity index (χ1) is 10.5. The van der Waals surface area contributed by atoms with Gasteiger partial charge in [0.15, 0.2) is 5.82 Å². The molecule has 2 aromatic rings. The number of anilines is 2. The van der Waals surface area contributed by atoms with E-state index in [1.165, 1.54) is 5.56 Å². The summed E-state index contributed by atoms with van der Waals surface area (Å²) < 4.78 is 4.92. The molecule has 2 rings (SSSR count). The second-order valence-corrected chi connectivity index (χ2v) is 5.61. The number of nitrogens with one attached hydrogen (secondary N) is 2. The van der Waals surface area contributed by atoms with E-state index in [-0.39, 0.29) is 11.9 Å². The van der Waals surface area contributed by atoms with E-state index in [2.05, 4.69) is 41.8 Å². The fourth-order valence-corrected chi connectivity index (χ4v) is 2.12. The molecule has 0 aliphatic heterocycles. The van der Waals surface area contributed by atoms with Gasteiger partial charge in [-0.05, 0) is 43.9 Å². The summed E-state index contributed by atoms with van der Waals surface area (Å²) in [6, 6.07) is 9.53. The van der Waals surface area contributed by atoms with Gasteiger partial charge in [-0.3, -0.25) is 4.79 Å². The van der Waals surface area contributed by atoms with Gasteiger partial charge in [0.2, 0.25) is 5.91 Å². The highest BCUT2D eigenvalue weighted by atomic mass is 16.5. The lowest BCUT2D eigenvalue weighted by Gasteiger charge is -2.15. The van der Waals surface area contributed by atoms with Crippen molar-refractivity contribution in [2.24, 2.45) is 0 Å². The van der Waals surface area contributed by atoms with Crippen molar-refractivity contribution in [3.8, 4) is 0 Å². The Hall–Kier alpha value is -2.30. The van der Waals surface area contributed by atoms with E-state index in [1.807, 2.05) is 19.1 Å². The minimum Gasteiger partial charge on any atom is -0.374 e. The summed E-state index contributed by atoms with van der Waals surface area (Å²) in [5.74, 6) is 1.49. The van der Waals surface area contributed by atoms with Crippen molar-refractivity contribution in [2.75, 3.05) is 10.6 Å². The average Bonchev–Trinajstić information content (AvgIpc) is 2.92. The molecule has 5 heteroatoms. The first-order valence-electron chi connectivity index (χ1n) is 7.60. The molecule has 22 heavy (non-hydrogen) atoms. The molecule has 5 nitrogen and oxygen atoms in total. The summed E-state index contributed by atoms with van der Waals surface area (Å²) in [6.45, 7) is 7.97. The molecule has 0 saturated carbocycles. The second kappa shape index (κ2) is 7.11. The fraction of sp³-hybridized carbons (Fsp3) is 0.412. The lowest BCUT2D eigenvalue weighted by molar-refractivity contribution is -0.116. The molecule has 1 aromatic heterocycles. The van der Waals surface area contributed by atoms with Gasteiger partial charge < -0.3 is 15.2 Å². The summed E-state index contributed by atoms with van der Waals surface area (Å²) in [4.78, 5) is 12.1. The summed E-state index contributed by atoms with van der Waals surface area (Å²) >= 11 is 0. The van der Waals surface area contributed by atoms with Crippen LogP contribution in [0, 0.1) is 6.92 Å². The van der Waals surface area contributed by atoms with Gasteiger partial charge >= 0.3 is 0 Å². The molecule has 118 valence electrons. The standard InChI is InChI=1S/C17H23N3O2/c1-5-11(2)14-6-8-15(9-7-14)18-13(4)17(21)19-16-10-12(3)22-20-16/h6-11,13,18H,5H2,1-4H3,(H,19,20,21)/t11-,13-/m0/s1. The van der Waals surface area contributed by atoms with Gasteiger partial charge in [0.05, 0.1) is 0 Å². The Labute approximate surface area is 131 Å². The number of nitrogens with zero attached hydrogens (tertiary/aromatic N) is 1. The summed E-state index contributed by atoms with van der Waals surface area (Å²) in [5.41, 5.74) is 2.23. The monoisotopic (exact) mass is 301 g/mol. The van der Waals surface area contributed by atoms with Crippen LogP contribution in [0.25, 0.3) is 0 Å². The molecule has 0 bridgehead atoms. The number of hydrogen-bond acceptors (Lipinski definition) is 4. The molecule has 1 aromatic carbocycles.